The van der Waals surface area contributed by atoms with E-state index in [0.717, 1.165) is 4.05 Å². The first kappa shape index (κ1) is 29.7. The van der Waals surface area contributed by atoms with E-state index >= 15 is 0 Å². The lowest BCUT2D eigenvalue weighted by Gasteiger charge is -2.39. The molecule has 1 fully saturated rings. The maximum Gasteiger partial charge on any atom is 0.139 e. The van der Waals surface area contributed by atoms with Gasteiger partial charge in [0.15, 0.2) is 0 Å². The molecule has 1 aliphatic heterocycles. The highest BCUT2D eigenvalue weighted by molar-refractivity contribution is 14.1. The molecule has 1 rings (SSSR count). The van der Waals surface area contributed by atoms with Gasteiger partial charge in [-0.15, -0.1) is 0 Å². The van der Waals surface area contributed by atoms with Crippen molar-refractivity contribution in [2.75, 3.05) is 19.6 Å². The van der Waals surface area contributed by atoms with Gasteiger partial charge < -0.3 is 4.48 Å². The summed E-state index contributed by atoms with van der Waals surface area (Å²) in [5.74, 6) is 0. The fourth-order valence-electron chi connectivity index (χ4n) is 5.60. The Morgan fingerprint density at radius 1 is 0.516 bits per heavy atom. The largest absolute Gasteiger partial charge is 0.313 e. The highest BCUT2D eigenvalue weighted by Crippen LogP contribution is 2.32. The minimum Gasteiger partial charge on any atom is -0.313 e. The smallest absolute Gasteiger partial charge is 0.139 e. The van der Waals surface area contributed by atoms with Crippen molar-refractivity contribution in [3.8, 4) is 0 Å². The lowest BCUT2D eigenvalue weighted by Crippen LogP contribution is -2.51. The van der Waals surface area contributed by atoms with E-state index in [1.165, 1.54) is 172 Å². The fraction of sp³-hybridized carbons (Fsp3) is 1.00. The zero-order valence-corrected chi connectivity index (χ0v) is 23.9. The van der Waals surface area contributed by atoms with Crippen molar-refractivity contribution in [3.05, 3.63) is 0 Å². The molecule has 1 saturated heterocycles. The highest BCUT2D eigenvalue weighted by Gasteiger charge is 2.37. The number of alkyl halides is 1. The Kier molecular flexibility index (Phi) is 20.4. The summed E-state index contributed by atoms with van der Waals surface area (Å²) in [7, 11) is 0. The SMILES string of the molecule is CCCCCCCCCCCCCCCCCCC(I)[N+]1(CCCCCC)CCCC1. The minimum absolute atomic E-state index is 0.883. The van der Waals surface area contributed by atoms with E-state index in [4.69, 9.17) is 0 Å². The highest BCUT2D eigenvalue weighted by atomic mass is 127. The monoisotopic (exact) mass is 548 g/mol. The van der Waals surface area contributed by atoms with E-state index < -0.39 is 0 Å². The number of hydrogen-bond donors (Lipinski definition) is 0. The molecular weight excluding hydrogens is 489 g/mol. The van der Waals surface area contributed by atoms with E-state index in [1.807, 2.05) is 0 Å². The van der Waals surface area contributed by atoms with Crippen molar-refractivity contribution >= 4 is 22.6 Å². The first-order valence-corrected chi connectivity index (χ1v) is 16.0. The number of quaternary nitrogens is 1. The van der Waals surface area contributed by atoms with Crippen LogP contribution in [0.5, 0.6) is 0 Å². The molecule has 0 N–H and O–H groups in total. The molecule has 0 radical (unpaired) electrons. The van der Waals surface area contributed by atoms with Crippen LogP contribution >= 0.6 is 22.6 Å². The topological polar surface area (TPSA) is 0 Å². The van der Waals surface area contributed by atoms with Gasteiger partial charge in [-0.1, -0.05) is 123 Å². The summed E-state index contributed by atoms with van der Waals surface area (Å²) in [4.78, 5) is 0. The molecule has 0 amide bonds. The second kappa shape index (κ2) is 21.2. The van der Waals surface area contributed by atoms with Crippen molar-refractivity contribution in [1.82, 2.24) is 0 Å². The van der Waals surface area contributed by atoms with Gasteiger partial charge in [0.25, 0.3) is 0 Å². The van der Waals surface area contributed by atoms with E-state index in [2.05, 4.69) is 36.4 Å². The second-order valence-corrected chi connectivity index (χ2v) is 12.1. The Hall–Kier alpha value is 0.690. The number of halogens is 1. The van der Waals surface area contributed by atoms with Crippen LogP contribution in [-0.4, -0.2) is 28.2 Å². The molecule has 0 saturated carbocycles. The Morgan fingerprint density at radius 3 is 1.29 bits per heavy atom. The van der Waals surface area contributed by atoms with Crippen molar-refractivity contribution < 1.29 is 4.48 Å². The molecule has 1 heterocycles. The van der Waals surface area contributed by atoms with Crippen LogP contribution in [0.3, 0.4) is 0 Å². The Labute approximate surface area is 211 Å². The first-order chi connectivity index (χ1) is 15.2. The zero-order valence-electron chi connectivity index (χ0n) is 21.8. The number of nitrogens with zero attached hydrogens (tertiary/aromatic N) is 1. The van der Waals surface area contributed by atoms with E-state index in [1.54, 1.807) is 0 Å². The van der Waals surface area contributed by atoms with Gasteiger partial charge in [0.05, 0.1) is 19.6 Å². The first-order valence-electron chi connectivity index (χ1n) is 14.7. The lowest BCUT2D eigenvalue weighted by atomic mass is 10.0. The Bertz CT molecular complexity index is 364. The van der Waals surface area contributed by atoms with Crippen LogP contribution in [0.2, 0.25) is 0 Å². The van der Waals surface area contributed by atoms with Crippen LogP contribution in [0.1, 0.15) is 162 Å². The summed E-state index contributed by atoms with van der Waals surface area (Å²) in [6.45, 7) is 9.05. The molecule has 2 heteroatoms. The molecule has 31 heavy (non-hydrogen) atoms. The van der Waals surface area contributed by atoms with E-state index in [9.17, 15) is 0 Å². The molecule has 1 unspecified atom stereocenters. The third-order valence-electron chi connectivity index (χ3n) is 7.80. The lowest BCUT2D eigenvalue weighted by molar-refractivity contribution is -0.923. The molecular formula is C29H59IN+. The predicted octanol–water partition coefficient (Wildman–Crippen LogP) is 10.6. The fourth-order valence-corrected chi connectivity index (χ4v) is 6.87. The summed E-state index contributed by atoms with van der Waals surface area (Å²) in [6, 6.07) is 0. The van der Waals surface area contributed by atoms with Crippen molar-refractivity contribution in [3.63, 3.8) is 0 Å². The normalized spacial score (nSPS) is 16.7. The van der Waals surface area contributed by atoms with E-state index in [0.29, 0.717) is 0 Å². The molecule has 0 aromatic rings. The molecule has 1 atom stereocenters. The van der Waals surface area contributed by atoms with Crippen molar-refractivity contribution in [2.45, 2.75) is 166 Å². The van der Waals surface area contributed by atoms with Crippen LogP contribution in [0, 0.1) is 0 Å². The minimum atomic E-state index is 0.883. The molecule has 0 bridgehead atoms. The number of rotatable bonds is 23. The Balaban J connectivity index is 1.90. The summed E-state index contributed by atoms with van der Waals surface area (Å²) in [5.41, 5.74) is 0. The van der Waals surface area contributed by atoms with Gasteiger partial charge in [-0.05, 0) is 41.9 Å². The molecule has 0 aliphatic carbocycles. The third kappa shape index (κ3) is 15.3. The summed E-state index contributed by atoms with van der Waals surface area (Å²) in [6.07, 6.45) is 33.7. The number of unbranched alkanes of at least 4 members (excludes halogenated alkanes) is 18. The second-order valence-electron chi connectivity index (χ2n) is 10.7. The predicted molar refractivity (Wildman–Crippen MR) is 150 cm³/mol. The Morgan fingerprint density at radius 2 is 0.871 bits per heavy atom. The maximum atomic E-state index is 2.83. The van der Waals surface area contributed by atoms with Gasteiger partial charge in [-0.25, -0.2) is 0 Å². The maximum absolute atomic E-state index is 2.83. The van der Waals surface area contributed by atoms with E-state index in [-0.39, 0.29) is 0 Å². The van der Waals surface area contributed by atoms with Crippen LogP contribution in [0.4, 0.5) is 0 Å². The molecule has 0 aromatic carbocycles. The van der Waals surface area contributed by atoms with Crippen molar-refractivity contribution in [2.24, 2.45) is 0 Å². The van der Waals surface area contributed by atoms with Gasteiger partial charge in [0, 0.05) is 19.3 Å². The van der Waals surface area contributed by atoms with Crippen LogP contribution in [-0.2, 0) is 0 Å². The van der Waals surface area contributed by atoms with Crippen LogP contribution < -0.4 is 0 Å². The summed E-state index contributed by atoms with van der Waals surface area (Å²) >= 11 is 2.83. The van der Waals surface area contributed by atoms with Crippen LogP contribution in [0.15, 0.2) is 0 Å². The molecule has 1 aliphatic rings. The van der Waals surface area contributed by atoms with Gasteiger partial charge in [-0.2, -0.15) is 0 Å². The average molecular weight is 549 g/mol. The standard InChI is InChI=1S/C29H59IN/c1-3-5-7-9-10-11-12-13-14-15-16-17-18-19-20-21-25-29(30)31(27-23-24-28-31)26-22-8-6-4-2/h29H,3-28H2,1-2H3/q+1. The molecule has 1 nitrogen and oxygen atoms in total. The molecule has 0 spiro atoms. The number of hydrogen-bond acceptors (Lipinski definition) is 0. The summed E-state index contributed by atoms with van der Waals surface area (Å²) in [5, 5.41) is 0. The quantitative estimate of drug-likeness (QED) is 0.0392. The molecule has 186 valence electrons. The number of likely N-dealkylation sites (tertiary alicyclic amines) is 1. The van der Waals surface area contributed by atoms with Gasteiger partial charge >= 0.3 is 0 Å². The summed E-state index contributed by atoms with van der Waals surface area (Å²) < 4.78 is 2.34. The third-order valence-corrected chi connectivity index (χ3v) is 9.61. The van der Waals surface area contributed by atoms with Gasteiger partial charge in [0.1, 0.15) is 4.05 Å². The molecule has 0 aromatic heterocycles. The van der Waals surface area contributed by atoms with Gasteiger partial charge in [-0.3, -0.25) is 0 Å². The zero-order chi connectivity index (χ0) is 22.5. The van der Waals surface area contributed by atoms with Gasteiger partial charge in [0.2, 0.25) is 0 Å². The average Bonchev–Trinajstić information content (AvgIpc) is 3.26. The van der Waals surface area contributed by atoms with Crippen molar-refractivity contribution in [1.29, 1.82) is 0 Å². The van der Waals surface area contributed by atoms with Crippen LogP contribution in [0.25, 0.3) is 0 Å².